The molecule has 1 heterocycles. The fourth-order valence-corrected chi connectivity index (χ4v) is 10.3. The monoisotopic (exact) mass is 244 g/mol. The molecule has 0 amide bonds. The van der Waals surface area contributed by atoms with Crippen LogP contribution in [0, 0.1) is 0 Å². The molecule has 0 nitrogen and oxygen atoms in total. The van der Waals surface area contributed by atoms with Gasteiger partial charge in [0.2, 0.25) is 0 Å². The molecule has 2 atom stereocenters. The van der Waals surface area contributed by atoms with Crippen LogP contribution < -0.4 is 0 Å². The van der Waals surface area contributed by atoms with E-state index in [-0.39, 0.29) is 0 Å². The van der Waals surface area contributed by atoms with Gasteiger partial charge in [-0.3, -0.25) is 0 Å². The Morgan fingerprint density at radius 2 is 1.62 bits per heavy atom. The van der Waals surface area contributed by atoms with Crippen molar-refractivity contribution in [3.8, 4) is 0 Å². The molecular formula is C6H12Se2. The van der Waals surface area contributed by atoms with E-state index in [9.17, 15) is 0 Å². The molecule has 48 valence electrons. The normalized spacial score (nSPS) is 39.8. The molecule has 0 radical (unpaired) electrons. The maximum absolute atomic E-state index is 2.41. The third-order valence-electron chi connectivity index (χ3n) is 1.37. The summed E-state index contributed by atoms with van der Waals surface area (Å²) in [5, 5.41) is 0. The van der Waals surface area contributed by atoms with E-state index < -0.39 is 0 Å². The van der Waals surface area contributed by atoms with Crippen molar-refractivity contribution in [2.45, 2.75) is 34.1 Å². The molecule has 2 unspecified atom stereocenters. The van der Waals surface area contributed by atoms with Gasteiger partial charge < -0.3 is 0 Å². The quantitative estimate of drug-likeness (QED) is 0.568. The maximum atomic E-state index is 2.41. The second-order valence-electron chi connectivity index (χ2n) is 2.31. The first kappa shape index (κ1) is 7.15. The van der Waals surface area contributed by atoms with Gasteiger partial charge in [-0.05, 0) is 0 Å². The van der Waals surface area contributed by atoms with Gasteiger partial charge in [0.25, 0.3) is 0 Å². The molecule has 1 fully saturated rings. The average Bonchev–Trinajstić information content (AvgIpc) is 1.64. The summed E-state index contributed by atoms with van der Waals surface area (Å²) in [5.74, 6) is 0. The topological polar surface area (TPSA) is 0 Å². The summed E-state index contributed by atoms with van der Waals surface area (Å²) < 4.78 is 1.60. The predicted molar refractivity (Wildman–Crippen MR) is 39.8 cm³/mol. The third-order valence-corrected chi connectivity index (χ3v) is 8.10. The summed E-state index contributed by atoms with van der Waals surface area (Å²) in [4.78, 5) is 2.18. The van der Waals surface area contributed by atoms with Crippen molar-refractivity contribution in [1.82, 2.24) is 0 Å². The molecule has 0 aromatic carbocycles. The molecule has 0 bridgehead atoms. The van der Waals surface area contributed by atoms with Gasteiger partial charge in [-0.1, -0.05) is 0 Å². The van der Waals surface area contributed by atoms with E-state index in [4.69, 9.17) is 0 Å². The van der Waals surface area contributed by atoms with Crippen LogP contribution in [-0.2, 0) is 0 Å². The van der Waals surface area contributed by atoms with E-state index in [1.807, 2.05) is 0 Å². The van der Waals surface area contributed by atoms with Crippen molar-refractivity contribution in [2.24, 2.45) is 0 Å². The van der Waals surface area contributed by atoms with Crippen molar-refractivity contribution >= 4 is 29.9 Å². The van der Waals surface area contributed by atoms with Crippen molar-refractivity contribution in [1.29, 1.82) is 0 Å². The van der Waals surface area contributed by atoms with Crippen molar-refractivity contribution in [2.75, 3.05) is 0 Å². The second-order valence-corrected chi connectivity index (χ2v) is 10.1. The van der Waals surface area contributed by atoms with Gasteiger partial charge in [0.15, 0.2) is 0 Å². The molecule has 1 rings (SSSR count). The Balaban J connectivity index is 2.23. The summed E-state index contributed by atoms with van der Waals surface area (Å²) in [5.41, 5.74) is 0. The van der Waals surface area contributed by atoms with Crippen molar-refractivity contribution in [3.63, 3.8) is 0 Å². The average molecular weight is 242 g/mol. The minimum atomic E-state index is 1.02. The zero-order valence-electron chi connectivity index (χ0n) is 5.39. The van der Waals surface area contributed by atoms with Gasteiger partial charge in [0.1, 0.15) is 0 Å². The summed E-state index contributed by atoms with van der Waals surface area (Å²) in [6.45, 7) is 4.82. The molecule has 0 aromatic heterocycles. The minimum absolute atomic E-state index is 1.02. The Bertz CT molecular complexity index is 64.9. The molecule has 1 saturated heterocycles. The molecule has 1 aliphatic heterocycles. The van der Waals surface area contributed by atoms with E-state index in [2.05, 4.69) is 13.8 Å². The van der Waals surface area contributed by atoms with Crippen LogP contribution in [0.2, 0.25) is 13.9 Å². The zero-order chi connectivity index (χ0) is 5.98. The Hall–Kier alpha value is 1.04. The Morgan fingerprint density at radius 1 is 1.12 bits per heavy atom. The first-order valence-corrected chi connectivity index (χ1v) is 7.42. The van der Waals surface area contributed by atoms with E-state index in [0.29, 0.717) is 0 Å². The van der Waals surface area contributed by atoms with Crippen LogP contribution in [-0.4, -0.2) is 29.9 Å². The number of hydrogen-bond donors (Lipinski definition) is 0. The van der Waals surface area contributed by atoms with Crippen LogP contribution in [0.5, 0.6) is 0 Å². The third kappa shape index (κ3) is 2.11. The molecule has 8 heavy (non-hydrogen) atoms. The fourth-order valence-electron chi connectivity index (χ4n) is 0.875. The van der Waals surface area contributed by atoms with Crippen molar-refractivity contribution in [3.05, 3.63) is 0 Å². The van der Waals surface area contributed by atoms with E-state index in [1.54, 1.807) is 4.22 Å². The Morgan fingerprint density at radius 3 is 1.88 bits per heavy atom. The van der Waals surface area contributed by atoms with Crippen LogP contribution in [0.25, 0.3) is 0 Å². The first-order chi connectivity index (χ1) is 3.79. The van der Waals surface area contributed by atoms with Crippen LogP contribution in [0.1, 0.15) is 20.3 Å². The summed E-state index contributed by atoms with van der Waals surface area (Å²) in [6.07, 6.45) is 1.53. The van der Waals surface area contributed by atoms with Crippen LogP contribution in [0.4, 0.5) is 0 Å². The number of rotatable bonds is 0. The molecular weight excluding hydrogens is 230 g/mol. The second kappa shape index (κ2) is 3.27. The van der Waals surface area contributed by atoms with Crippen LogP contribution in [0.3, 0.4) is 0 Å². The van der Waals surface area contributed by atoms with Gasteiger partial charge in [0, 0.05) is 0 Å². The predicted octanol–water partition coefficient (Wildman–Crippen LogP) is 1.79. The van der Waals surface area contributed by atoms with Gasteiger partial charge in [0.05, 0.1) is 0 Å². The Kier molecular flexibility index (Phi) is 2.92. The van der Waals surface area contributed by atoms with Crippen molar-refractivity contribution < 1.29 is 0 Å². The molecule has 0 spiro atoms. The summed E-state index contributed by atoms with van der Waals surface area (Å²) in [6, 6.07) is 0. The SMILES string of the molecule is CC1CC(C)[Se]C[Se]1. The van der Waals surface area contributed by atoms with Crippen LogP contribution in [0.15, 0.2) is 0 Å². The van der Waals surface area contributed by atoms with Gasteiger partial charge >= 0.3 is 64.0 Å². The molecule has 0 aliphatic carbocycles. The summed E-state index contributed by atoms with van der Waals surface area (Å²) >= 11 is 2.04. The molecule has 0 N–H and O–H groups in total. The summed E-state index contributed by atoms with van der Waals surface area (Å²) in [7, 11) is 0. The van der Waals surface area contributed by atoms with E-state index >= 15 is 0 Å². The van der Waals surface area contributed by atoms with E-state index in [1.165, 1.54) is 6.42 Å². The van der Waals surface area contributed by atoms with Gasteiger partial charge in [-0.25, -0.2) is 0 Å². The standard InChI is InChI=1S/C6H12Se2/c1-5-3-6(2)8-4-7-5/h5-6H,3-4H2,1-2H3. The number of hydrogen-bond acceptors (Lipinski definition) is 0. The fraction of sp³-hybridized carbons (Fsp3) is 1.00. The van der Waals surface area contributed by atoms with Gasteiger partial charge in [-0.15, -0.1) is 0 Å². The zero-order valence-corrected chi connectivity index (χ0v) is 8.81. The van der Waals surface area contributed by atoms with E-state index in [0.717, 1.165) is 39.5 Å². The van der Waals surface area contributed by atoms with Gasteiger partial charge in [-0.2, -0.15) is 0 Å². The molecule has 0 saturated carbocycles. The molecule has 0 aromatic rings. The Labute approximate surface area is 64.1 Å². The molecule has 2 heteroatoms. The first-order valence-electron chi connectivity index (χ1n) is 3.02. The van der Waals surface area contributed by atoms with Crippen LogP contribution >= 0.6 is 0 Å². The molecule has 1 aliphatic rings.